The van der Waals surface area contributed by atoms with Gasteiger partial charge in [-0.3, -0.25) is 4.98 Å². The number of hydrogen-bond donors (Lipinski definition) is 1. The summed E-state index contributed by atoms with van der Waals surface area (Å²) in [6.45, 7) is 9.51. The van der Waals surface area contributed by atoms with Gasteiger partial charge in [0.2, 0.25) is 0 Å². The molecule has 29 heavy (non-hydrogen) atoms. The largest absolute Gasteiger partial charge is 0.352 e. The molecule has 1 aliphatic heterocycles. The van der Waals surface area contributed by atoms with Crippen LogP contribution in [-0.2, 0) is 0 Å². The summed E-state index contributed by atoms with van der Waals surface area (Å²) in [5.74, 6) is 0.955. The molecule has 0 bridgehead atoms. The topological polar surface area (TPSA) is 46.0 Å². The van der Waals surface area contributed by atoms with Gasteiger partial charge in [0.1, 0.15) is 5.82 Å². The molecule has 3 aromatic heterocycles. The van der Waals surface area contributed by atoms with Crippen molar-refractivity contribution < 1.29 is 0 Å². The summed E-state index contributed by atoms with van der Waals surface area (Å²) < 4.78 is 2.24. The highest BCUT2D eigenvalue weighted by molar-refractivity contribution is 7.80. The molecule has 1 fully saturated rings. The van der Waals surface area contributed by atoms with Crippen LogP contribution in [-0.4, -0.2) is 31.1 Å². The van der Waals surface area contributed by atoms with E-state index in [9.17, 15) is 0 Å². The lowest BCUT2D eigenvalue weighted by atomic mass is 9.96. The Hall–Kier alpha value is -2.73. The minimum Gasteiger partial charge on any atom is -0.352 e. The Kier molecular flexibility index (Phi) is 5.37. The number of aromatic nitrogens is 3. The van der Waals surface area contributed by atoms with Gasteiger partial charge in [0.15, 0.2) is 5.11 Å². The maximum atomic E-state index is 5.72. The molecule has 4 heterocycles. The predicted octanol–water partition coefficient (Wildman–Crippen LogP) is 4.58. The van der Waals surface area contributed by atoms with Crippen LogP contribution in [0.5, 0.6) is 0 Å². The van der Waals surface area contributed by atoms with Gasteiger partial charge >= 0.3 is 0 Å². The molecule has 0 saturated carbocycles. The molecule has 5 nitrogen and oxygen atoms in total. The Labute approximate surface area is 177 Å². The minimum absolute atomic E-state index is 0.0228. The van der Waals surface area contributed by atoms with E-state index in [1.54, 1.807) is 0 Å². The van der Waals surface area contributed by atoms with Gasteiger partial charge in [-0.1, -0.05) is 13.0 Å². The average molecular weight is 406 g/mol. The third kappa shape index (κ3) is 3.53. The predicted molar refractivity (Wildman–Crippen MR) is 120 cm³/mol. The maximum Gasteiger partial charge on any atom is 0.170 e. The van der Waals surface area contributed by atoms with E-state index in [0.717, 1.165) is 29.6 Å². The van der Waals surface area contributed by atoms with Gasteiger partial charge in [0.25, 0.3) is 0 Å². The Morgan fingerprint density at radius 1 is 1.07 bits per heavy atom. The highest BCUT2D eigenvalue weighted by Crippen LogP contribution is 2.41. The standard InChI is InChI=1S/C23H27N5S/c1-5-12-27-22(21(26-23(27)29)19-8-6-7-10-24-19)18-14-16(3)28(17(18)4)20-13-15(2)9-11-25-20/h6-11,13-14,21-22H,5,12H2,1-4H3,(H,26,29). The molecule has 1 N–H and O–H groups in total. The first-order valence-corrected chi connectivity index (χ1v) is 10.5. The summed E-state index contributed by atoms with van der Waals surface area (Å²) in [7, 11) is 0. The first kappa shape index (κ1) is 19.6. The van der Waals surface area contributed by atoms with E-state index in [1.165, 1.54) is 22.5 Å². The van der Waals surface area contributed by atoms with Crippen molar-refractivity contribution in [2.24, 2.45) is 0 Å². The Balaban J connectivity index is 1.84. The molecule has 0 amide bonds. The van der Waals surface area contributed by atoms with Crippen molar-refractivity contribution in [1.82, 2.24) is 24.8 Å². The van der Waals surface area contributed by atoms with Gasteiger partial charge in [-0.2, -0.15) is 0 Å². The Bertz CT molecular complexity index is 1030. The molecule has 1 aliphatic rings. The third-order valence-electron chi connectivity index (χ3n) is 5.58. The molecule has 1 saturated heterocycles. The fourth-order valence-corrected chi connectivity index (χ4v) is 4.64. The molecule has 0 spiro atoms. The van der Waals surface area contributed by atoms with Gasteiger partial charge < -0.3 is 14.8 Å². The molecule has 0 radical (unpaired) electrons. The lowest BCUT2D eigenvalue weighted by Gasteiger charge is -2.27. The van der Waals surface area contributed by atoms with Gasteiger partial charge in [0, 0.05) is 30.3 Å². The van der Waals surface area contributed by atoms with E-state index < -0.39 is 0 Å². The van der Waals surface area contributed by atoms with Crippen LogP contribution in [0.1, 0.15) is 53.6 Å². The molecule has 0 aromatic carbocycles. The van der Waals surface area contributed by atoms with Crippen LogP contribution in [0, 0.1) is 20.8 Å². The highest BCUT2D eigenvalue weighted by Gasteiger charge is 2.40. The monoisotopic (exact) mass is 405 g/mol. The molecular formula is C23H27N5S. The summed E-state index contributed by atoms with van der Waals surface area (Å²) >= 11 is 5.72. The summed E-state index contributed by atoms with van der Waals surface area (Å²) in [6, 6.07) is 12.6. The smallest absolute Gasteiger partial charge is 0.170 e. The minimum atomic E-state index is 0.0228. The lowest BCUT2D eigenvalue weighted by molar-refractivity contribution is 0.316. The first-order valence-electron chi connectivity index (χ1n) is 10.1. The molecule has 2 atom stereocenters. The van der Waals surface area contributed by atoms with Gasteiger partial charge in [-0.25, -0.2) is 4.98 Å². The van der Waals surface area contributed by atoms with Crippen LogP contribution in [0.4, 0.5) is 0 Å². The van der Waals surface area contributed by atoms with Crippen LogP contribution in [0.15, 0.2) is 48.8 Å². The van der Waals surface area contributed by atoms with E-state index in [-0.39, 0.29) is 12.1 Å². The van der Waals surface area contributed by atoms with Crippen molar-refractivity contribution in [3.63, 3.8) is 0 Å². The van der Waals surface area contributed by atoms with Crippen molar-refractivity contribution in [1.29, 1.82) is 0 Å². The van der Waals surface area contributed by atoms with Crippen LogP contribution >= 0.6 is 12.2 Å². The average Bonchev–Trinajstić information content (AvgIpc) is 3.18. The van der Waals surface area contributed by atoms with Crippen LogP contribution in [0.25, 0.3) is 5.82 Å². The van der Waals surface area contributed by atoms with Crippen LogP contribution < -0.4 is 5.32 Å². The van der Waals surface area contributed by atoms with Gasteiger partial charge in [-0.05, 0) is 80.9 Å². The fourth-order valence-electron chi connectivity index (χ4n) is 4.31. The number of aryl methyl sites for hydroxylation is 2. The molecule has 6 heteroatoms. The fraction of sp³-hybridized carbons (Fsp3) is 0.348. The van der Waals surface area contributed by atoms with E-state index >= 15 is 0 Å². The quantitative estimate of drug-likeness (QED) is 0.630. The normalized spacial score (nSPS) is 18.9. The zero-order valence-electron chi connectivity index (χ0n) is 17.4. The number of nitrogens with zero attached hydrogens (tertiary/aromatic N) is 4. The molecule has 0 aliphatic carbocycles. The number of hydrogen-bond acceptors (Lipinski definition) is 3. The maximum absolute atomic E-state index is 5.72. The molecule has 150 valence electrons. The summed E-state index contributed by atoms with van der Waals surface area (Å²) in [4.78, 5) is 11.6. The second-order valence-corrected chi connectivity index (χ2v) is 8.06. The molecule has 2 unspecified atom stereocenters. The summed E-state index contributed by atoms with van der Waals surface area (Å²) in [6.07, 6.45) is 4.75. The number of thiocarbonyl (C=S) groups is 1. The second kappa shape index (κ2) is 7.95. The Morgan fingerprint density at radius 3 is 2.59 bits per heavy atom. The summed E-state index contributed by atoms with van der Waals surface area (Å²) in [5, 5.41) is 4.33. The van der Waals surface area contributed by atoms with Crippen LogP contribution in [0.3, 0.4) is 0 Å². The molecular weight excluding hydrogens is 378 g/mol. The zero-order valence-corrected chi connectivity index (χ0v) is 18.2. The van der Waals surface area contributed by atoms with Crippen molar-refractivity contribution in [3.8, 4) is 5.82 Å². The van der Waals surface area contributed by atoms with Crippen molar-refractivity contribution in [2.75, 3.05) is 6.54 Å². The van der Waals surface area contributed by atoms with E-state index in [0.29, 0.717) is 0 Å². The van der Waals surface area contributed by atoms with Gasteiger partial charge in [0.05, 0.1) is 17.8 Å². The molecule has 4 rings (SSSR count). The number of pyridine rings is 2. The SMILES string of the molecule is CCCN1C(=S)NC(c2ccccn2)C1c1cc(C)n(-c2cc(C)ccn2)c1C. The third-order valence-corrected chi connectivity index (χ3v) is 5.93. The highest BCUT2D eigenvalue weighted by atomic mass is 32.1. The number of rotatable bonds is 5. The Morgan fingerprint density at radius 2 is 1.90 bits per heavy atom. The number of nitrogens with one attached hydrogen (secondary N) is 1. The van der Waals surface area contributed by atoms with Crippen molar-refractivity contribution >= 4 is 17.3 Å². The van der Waals surface area contributed by atoms with E-state index in [2.05, 4.69) is 70.6 Å². The van der Waals surface area contributed by atoms with Crippen LogP contribution in [0.2, 0.25) is 0 Å². The van der Waals surface area contributed by atoms with E-state index in [4.69, 9.17) is 12.2 Å². The summed E-state index contributed by atoms with van der Waals surface area (Å²) in [5.41, 5.74) is 5.84. The zero-order chi connectivity index (χ0) is 20.5. The van der Waals surface area contributed by atoms with E-state index in [1.807, 2.05) is 30.6 Å². The van der Waals surface area contributed by atoms with Crippen molar-refractivity contribution in [2.45, 2.75) is 46.2 Å². The molecule has 3 aromatic rings. The van der Waals surface area contributed by atoms with Gasteiger partial charge in [-0.15, -0.1) is 0 Å². The first-order chi connectivity index (χ1) is 14.0. The second-order valence-electron chi connectivity index (χ2n) is 7.67. The lowest BCUT2D eigenvalue weighted by Crippen LogP contribution is -2.30. The van der Waals surface area contributed by atoms with Crippen molar-refractivity contribution in [3.05, 3.63) is 77.0 Å².